The molecular formula is C16H18N2O3S. The number of rotatable bonds is 2. The maximum Gasteiger partial charge on any atom is 0.341 e. The van der Waals surface area contributed by atoms with Crippen molar-refractivity contribution in [1.29, 1.82) is 0 Å². The van der Waals surface area contributed by atoms with Crippen LogP contribution in [0.25, 0.3) is 0 Å². The van der Waals surface area contributed by atoms with E-state index in [4.69, 9.17) is 9.47 Å². The summed E-state index contributed by atoms with van der Waals surface area (Å²) in [5, 5.41) is 2.52. The van der Waals surface area contributed by atoms with Crippen molar-refractivity contribution in [2.45, 2.75) is 12.8 Å². The largest absolute Gasteiger partial charge is 0.465 e. The minimum absolute atomic E-state index is 0.316. The minimum atomic E-state index is -0.391. The van der Waals surface area contributed by atoms with Crippen LogP contribution in [0.15, 0.2) is 12.3 Å². The molecule has 2 saturated heterocycles. The fourth-order valence-corrected chi connectivity index (χ4v) is 3.27. The van der Waals surface area contributed by atoms with Crippen LogP contribution in [0.1, 0.15) is 28.8 Å². The van der Waals surface area contributed by atoms with Gasteiger partial charge in [-0.15, -0.1) is 0 Å². The number of ether oxygens (including phenoxy) is 2. The first-order valence-electron chi connectivity index (χ1n) is 7.24. The molecule has 2 aliphatic heterocycles. The molecule has 1 aromatic rings. The highest BCUT2D eigenvalue weighted by Gasteiger charge is 2.45. The molecule has 0 aromatic carbocycles. The van der Waals surface area contributed by atoms with Crippen molar-refractivity contribution in [3.8, 4) is 11.2 Å². The Balaban J connectivity index is 1.84. The molecule has 0 N–H and O–H groups in total. The van der Waals surface area contributed by atoms with Crippen molar-refractivity contribution in [1.82, 2.24) is 4.98 Å². The molecule has 2 fully saturated rings. The molecule has 0 saturated carbocycles. The highest BCUT2D eigenvalue weighted by atomic mass is 32.1. The van der Waals surface area contributed by atoms with Gasteiger partial charge in [0.1, 0.15) is 11.4 Å². The fourth-order valence-electron chi connectivity index (χ4n) is 3.14. The van der Waals surface area contributed by atoms with Gasteiger partial charge in [0.05, 0.1) is 7.11 Å². The molecule has 5 nitrogen and oxygen atoms in total. The molecule has 0 radical (unpaired) electrons. The third-order valence-electron chi connectivity index (χ3n) is 4.38. The monoisotopic (exact) mass is 318 g/mol. The van der Waals surface area contributed by atoms with Gasteiger partial charge >= 0.3 is 5.97 Å². The summed E-state index contributed by atoms with van der Waals surface area (Å²) in [5.41, 5.74) is 1.43. The lowest BCUT2D eigenvalue weighted by molar-refractivity contribution is -0.000587. The maximum atomic E-state index is 12.0. The number of carbonyl (C=O) groups excluding carboxylic acids is 1. The summed E-state index contributed by atoms with van der Waals surface area (Å²) < 4.78 is 10.3. The first kappa shape index (κ1) is 15.2. The van der Waals surface area contributed by atoms with Gasteiger partial charge in [-0.2, -0.15) is 0 Å². The van der Waals surface area contributed by atoms with Gasteiger partial charge in [0, 0.05) is 43.5 Å². The predicted octanol–water partition coefficient (Wildman–Crippen LogP) is 1.72. The smallest absolute Gasteiger partial charge is 0.341 e. The minimum Gasteiger partial charge on any atom is -0.465 e. The molecule has 0 amide bonds. The van der Waals surface area contributed by atoms with Crippen LogP contribution in [-0.2, 0) is 9.47 Å². The number of hydrogen-bond donors (Lipinski definition) is 1. The van der Waals surface area contributed by atoms with Gasteiger partial charge in [0.2, 0.25) is 0 Å². The van der Waals surface area contributed by atoms with Crippen LogP contribution < -0.4 is 4.90 Å². The zero-order valence-electron chi connectivity index (χ0n) is 12.5. The number of nitrogens with zero attached hydrogens (tertiary/aromatic N) is 2. The summed E-state index contributed by atoms with van der Waals surface area (Å²) in [5.74, 6) is 3.08. The number of anilines is 1. The lowest BCUT2D eigenvalue weighted by atomic mass is 9.73. The standard InChI is InChI=1S/C16H18N2O3S/c1-20-15(19)13-8-12(2-7-22)9-17-14(13)18-10-16(11-18)3-5-21-6-4-16/h8-9,22H,3-6,10-11H2,1H3. The van der Waals surface area contributed by atoms with E-state index in [1.165, 1.54) is 7.11 Å². The van der Waals surface area contributed by atoms with E-state index in [-0.39, 0.29) is 0 Å². The topological polar surface area (TPSA) is 51.7 Å². The Morgan fingerprint density at radius 2 is 2.18 bits per heavy atom. The van der Waals surface area contributed by atoms with Crippen LogP contribution in [0.3, 0.4) is 0 Å². The number of carbonyl (C=O) groups is 1. The summed E-state index contributed by atoms with van der Waals surface area (Å²) in [6, 6.07) is 1.71. The third kappa shape index (κ3) is 2.79. The zero-order valence-corrected chi connectivity index (χ0v) is 13.4. The quantitative estimate of drug-likeness (QED) is 0.511. The van der Waals surface area contributed by atoms with E-state index in [9.17, 15) is 4.79 Å². The molecule has 3 rings (SSSR count). The Labute approximate surface area is 135 Å². The van der Waals surface area contributed by atoms with Gasteiger partial charge < -0.3 is 14.4 Å². The van der Waals surface area contributed by atoms with Crippen molar-refractivity contribution in [3.05, 3.63) is 23.4 Å². The number of pyridine rings is 1. The Kier molecular flexibility index (Phi) is 4.27. The second-order valence-corrected chi connectivity index (χ2v) is 6.02. The zero-order chi connectivity index (χ0) is 15.6. The number of methoxy groups -OCH3 is 1. The summed E-state index contributed by atoms with van der Waals surface area (Å²) in [6.45, 7) is 3.46. The predicted molar refractivity (Wildman–Crippen MR) is 86.1 cm³/mol. The second kappa shape index (κ2) is 6.19. The highest BCUT2D eigenvalue weighted by Crippen LogP contribution is 2.42. The van der Waals surface area contributed by atoms with Crippen molar-refractivity contribution < 1.29 is 14.3 Å². The maximum absolute atomic E-state index is 12.0. The molecule has 3 heterocycles. The van der Waals surface area contributed by atoms with Gasteiger partial charge in [0.25, 0.3) is 0 Å². The molecule has 22 heavy (non-hydrogen) atoms. The van der Waals surface area contributed by atoms with E-state index >= 15 is 0 Å². The average molecular weight is 318 g/mol. The summed E-state index contributed by atoms with van der Waals surface area (Å²) in [4.78, 5) is 18.6. The van der Waals surface area contributed by atoms with E-state index < -0.39 is 5.97 Å². The number of esters is 1. The summed E-state index contributed by atoms with van der Waals surface area (Å²) in [7, 11) is 1.37. The van der Waals surface area contributed by atoms with Gasteiger partial charge in [-0.3, -0.25) is 0 Å². The first-order chi connectivity index (χ1) is 10.7. The van der Waals surface area contributed by atoms with E-state index in [1.807, 2.05) is 0 Å². The van der Waals surface area contributed by atoms with Crippen LogP contribution >= 0.6 is 12.6 Å². The van der Waals surface area contributed by atoms with Gasteiger partial charge in [-0.25, -0.2) is 9.78 Å². The molecule has 2 aliphatic rings. The Hall–Kier alpha value is -1.71. The molecule has 0 bridgehead atoms. The number of aromatic nitrogens is 1. The Morgan fingerprint density at radius 1 is 1.45 bits per heavy atom. The van der Waals surface area contributed by atoms with E-state index in [1.54, 1.807) is 12.3 Å². The SMILES string of the molecule is COC(=O)c1cc(C#CS)cnc1N1CC2(CCOCC2)C1. The van der Waals surface area contributed by atoms with E-state index in [0.717, 1.165) is 39.1 Å². The molecule has 1 spiro atoms. The van der Waals surface area contributed by atoms with Gasteiger partial charge in [-0.05, 0) is 24.2 Å². The van der Waals surface area contributed by atoms with Crippen LogP contribution in [0, 0.1) is 16.6 Å². The molecule has 6 heteroatoms. The molecular weight excluding hydrogens is 300 g/mol. The van der Waals surface area contributed by atoms with Crippen LogP contribution in [0.5, 0.6) is 0 Å². The van der Waals surface area contributed by atoms with Crippen molar-refractivity contribution >= 4 is 24.4 Å². The lowest BCUT2D eigenvalue weighted by Crippen LogP contribution is -2.59. The molecule has 1 aromatic heterocycles. The van der Waals surface area contributed by atoms with Gasteiger partial charge in [-0.1, -0.05) is 18.5 Å². The average Bonchev–Trinajstić information content (AvgIpc) is 2.53. The van der Waals surface area contributed by atoms with Crippen molar-refractivity contribution in [2.24, 2.45) is 5.41 Å². The van der Waals surface area contributed by atoms with Crippen molar-refractivity contribution in [2.75, 3.05) is 38.3 Å². The van der Waals surface area contributed by atoms with Crippen LogP contribution in [0.4, 0.5) is 5.82 Å². The number of thiol groups is 1. The fraction of sp³-hybridized carbons (Fsp3) is 0.500. The van der Waals surface area contributed by atoms with Gasteiger partial charge in [0.15, 0.2) is 0 Å². The van der Waals surface area contributed by atoms with Crippen LogP contribution in [0.2, 0.25) is 0 Å². The molecule has 116 valence electrons. The molecule has 0 aliphatic carbocycles. The summed E-state index contributed by atoms with van der Waals surface area (Å²) in [6.07, 6.45) is 3.81. The first-order valence-corrected chi connectivity index (χ1v) is 7.68. The molecule has 0 unspecified atom stereocenters. The Morgan fingerprint density at radius 3 is 2.82 bits per heavy atom. The Bertz CT molecular complexity index is 637. The van der Waals surface area contributed by atoms with E-state index in [0.29, 0.717) is 22.4 Å². The van der Waals surface area contributed by atoms with Crippen LogP contribution in [-0.4, -0.2) is 44.4 Å². The number of hydrogen-bond acceptors (Lipinski definition) is 6. The highest BCUT2D eigenvalue weighted by molar-refractivity contribution is 7.85. The second-order valence-electron chi connectivity index (χ2n) is 5.79. The summed E-state index contributed by atoms with van der Waals surface area (Å²) >= 11 is 3.87. The van der Waals surface area contributed by atoms with Crippen molar-refractivity contribution in [3.63, 3.8) is 0 Å². The molecule has 0 atom stereocenters. The normalized spacial score (nSPS) is 19.1. The lowest BCUT2D eigenvalue weighted by Gasteiger charge is -2.53. The van der Waals surface area contributed by atoms with E-state index in [2.05, 4.69) is 33.7 Å². The third-order valence-corrected chi connectivity index (χ3v) is 4.49.